The Hall–Kier alpha value is -1.81. The molecule has 0 spiro atoms. The van der Waals surface area contributed by atoms with Crippen molar-refractivity contribution in [3.05, 3.63) is 45.9 Å². The molecule has 0 unspecified atom stereocenters. The Morgan fingerprint density at radius 1 is 1.29 bits per heavy atom. The monoisotopic (exact) mass is 303 g/mol. The van der Waals surface area contributed by atoms with Crippen LogP contribution in [0.25, 0.3) is 0 Å². The summed E-state index contributed by atoms with van der Waals surface area (Å²) in [5.41, 5.74) is 3.97. The maximum atomic E-state index is 6.11. The van der Waals surface area contributed by atoms with Gasteiger partial charge in [0.25, 0.3) is 0 Å². The zero-order valence-electron chi connectivity index (χ0n) is 12.2. The van der Waals surface area contributed by atoms with E-state index in [0.29, 0.717) is 23.2 Å². The van der Waals surface area contributed by atoms with Crippen LogP contribution in [-0.4, -0.2) is 17.1 Å². The van der Waals surface area contributed by atoms with Crippen LogP contribution in [0, 0.1) is 6.92 Å². The molecule has 21 heavy (non-hydrogen) atoms. The molecule has 1 heterocycles. The van der Waals surface area contributed by atoms with Crippen LogP contribution < -0.4 is 10.1 Å². The molecule has 1 aliphatic carbocycles. The van der Waals surface area contributed by atoms with E-state index in [0.717, 1.165) is 24.2 Å². The van der Waals surface area contributed by atoms with Gasteiger partial charge in [-0.1, -0.05) is 17.7 Å². The number of hydrogen-bond donors (Lipinski definition) is 1. The van der Waals surface area contributed by atoms with Crippen molar-refractivity contribution >= 4 is 17.4 Å². The van der Waals surface area contributed by atoms with E-state index in [1.165, 1.54) is 17.5 Å². The maximum absolute atomic E-state index is 6.11. The molecule has 0 aliphatic heterocycles. The first-order chi connectivity index (χ1) is 10.2. The third-order valence-electron chi connectivity index (χ3n) is 3.81. The Kier molecular flexibility index (Phi) is 3.97. The number of anilines is 1. The second-order valence-corrected chi connectivity index (χ2v) is 5.66. The van der Waals surface area contributed by atoms with Gasteiger partial charge in [-0.2, -0.15) is 0 Å². The SMILES string of the molecule is COc1cc2c(cc1CNc1nc(C)ncc1Cl)CCC2. The van der Waals surface area contributed by atoms with Crippen molar-refractivity contribution in [1.82, 2.24) is 9.97 Å². The molecule has 0 amide bonds. The van der Waals surface area contributed by atoms with Gasteiger partial charge in [0, 0.05) is 12.1 Å². The first kappa shape index (κ1) is 14.1. The van der Waals surface area contributed by atoms with Gasteiger partial charge in [0.05, 0.1) is 13.3 Å². The smallest absolute Gasteiger partial charge is 0.148 e. The van der Waals surface area contributed by atoms with E-state index in [9.17, 15) is 0 Å². The Balaban J connectivity index is 1.83. The minimum atomic E-state index is 0.528. The molecule has 1 N–H and O–H groups in total. The van der Waals surface area contributed by atoms with E-state index in [1.54, 1.807) is 13.3 Å². The lowest BCUT2D eigenvalue weighted by Gasteiger charge is -2.13. The topological polar surface area (TPSA) is 47.0 Å². The van der Waals surface area contributed by atoms with Crippen molar-refractivity contribution in [2.45, 2.75) is 32.7 Å². The molecule has 2 aromatic rings. The number of hydrogen-bond acceptors (Lipinski definition) is 4. The first-order valence-corrected chi connectivity index (χ1v) is 7.47. The van der Waals surface area contributed by atoms with Gasteiger partial charge >= 0.3 is 0 Å². The number of rotatable bonds is 4. The van der Waals surface area contributed by atoms with E-state index in [4.69, 9.17) is 16.3 Å². The molecule has 0 fully saturated rings. The van der Waals surface area contributed by atoms with Crippen molar-refractivity contribution in [2.75, 3.05) is 12.4 Å². The van der Waals surface area contributed by atoms with Gasteiger partial charge in [0.15, 0.2) is 0 Å². The third-order valence-corrected chi connectivity index (χ3v) is 4.08. The molecule has 1 aliphatic rings. The normalized spacial score (nSPS) is 13.1. The van der Waals surface area contributed by atoms with Crippen molar-refractivity contribution in [3.8, 4) is 5.75 Å². The highest BCUT2D eigenvalue weighted by molar-refractivity contribution is 6.32. The molecule has 0 atom stereocenters. The zero-order chi connectivity index (χ0) is 14.8. The van der Waals surface area contributed by atoms with Gasteiger partial charge in [-0.3, -0.25) is 0 Å². The number of methoxy groups -OCH3 is 1. The average Bonchev–Trinajstić information content (AvgIpc) is 2.94. The summed E-state index contributed by atoms with van der Waals surface area (Å²) in [6, 6.07) is 4.39. The number of nitrogens with zero attached hydrogens (tertiary/aromatic N) is 2. The van der Waals surface area contributed by atoms with E-state index in [-0.39, 0.29) is 0 Å². The van der Waals surface area contributed by atoms with E-state index < -0.39 is 0 Å². The predicted octanol–water partition coefficient (Wildman–Crippen LogP) is 3.55. The van der Waals surface area contributed by atoms with Crippen LogP contribution in [0.4, 0.5) is 5.82 Å². The van der Waals surface area contributed by atoms with Crippen LogP contribution in [0.1, 0.15) is 28.9 Å². The first-order valence-electron chi connectivity index (χ1n) is 7.09. The predicted molar refractivity (Wildman–Crippen MR) is 84.1 cm³/mol. The summed E-state index contributed by atoms with van der Waals surface area (Å²) < 4.78 is 5.51. The Morgan fingerprint density at radius 3 is 2.81 bits per heavy atom. The van der Waals surface area contributed by atoms with Gasteiger partial charge in [0.2, 0.25) is 0 Å². The maximum Gasteiger partial charge on any atom is 0.148 e. The van der Waals surface area contributed by atoms with Crippen molar-refractivity contribution in [3.63, 3.8) is 0 Å². The second kappa shape index (κ2) is 5.90. The number of nitrogens with one attached hydrogen (secondary N) is 1. The zero-order valence-corrected chi connectivity index (χ0v) is 13.0. The third kappa shape index (κ3) is 2.95. The van der Waals surface area contributed by atoms with Gasteiger partial charge in [0.1, 0.15) is 22.4 Å². The summed E-state index contributed by atoms with van der Waals surface area (Å²) in [6.45, 7) is 2.48. The molecule has 1 aromatic carbocycles. The highest BCUT2D eigenvalue weighted by atomic mass is 35.5. The quantitative estimate of drug-likeness (QED) is 0.938. The molecular weight excluding hydrogens is 286 g/mol. The summed E-state index contributed by atoms with van der Waals surface area (Å²) in [4.78, 5) is 8.39. The fourth-order valence-electron chi connectivity index (χ4n) is 2.74. The minimum absolute atomic E-state index is 0.528. The van der Waals surface area contributed by atoms with Crippen LogP contribution in [0.5, 0.6) is 5.75 Å². The standard InChI is InChI=1S/C16H18ClN3O/c1-10-18-9-14(17)16(20-10)19-8-13-6-11-4-3-5-12(11)7-15(13)21-2/h6-7,9H,3-5,8H2,1-2H3,(H,18,19,20). The van der Waals surface area contributed by atoms with Crippen molar-refractivity contribution in [1.29, 1.82) is 0 Å². The number of fused-ring (bicyclic) bond motifs is 1. The van der Waals surface area contributed by atoms with Crippen LogP contribution >= 0.6 is 11.6 Å². The Labute approximate surface area is 129 Å². The van der Waals surface area contributed by atoms with E-state index in [2.05, 4.69) is 27.4 Å². The van der Waals surface area contributed by atoms with Crippen LogP contribution in [-0.2, 0) is 19.4 Å². The Bertz CT molecular complexity index is 673. The van der Waals surface area contributed by atoms with Crippen LogP contribution in [0.2, 0.25) is 5.02 Å². The Morgan fingerprint density at radius 2 is 2.05 bits per heavy atom. The lowest BCUT2D eigenvalue weighted by molar-refractivity contribution is 0.410. The number of aromatic nitrogens is 2. The largest absolute Gasteiger partial charge is 0.496 e. The molecule has 0 saturated carbocycles. The molecule has 4 nitrogen and oxygen atoms in total. The molecule has 0 radical (unpaired) electrons. The van der Waals surface area contributed by atoms with Crippen LogP contribution in [0.3, 0.4) is 0 Å². The summed E-state index contributed by atoms with van der Waals surface area (Å²) in [5, 5.41) is 3.80. The fourth-order valence-corrected chi connectivity index (χ4v) is 2.90. The number of ether oxygens (including phenoxy) is 1. The molecular formula is C16H18ClN3O. The highest BCUT2D eigenvalue weighted by Crippen LogP contribution is 2.30. The second-order valence-electron chi connectivity index (χ2n) is 5.25. The summed E-state index contributed by atoms with van der Waals surface area (Å²) in [6.07, 6.45) is 5.15. The van der Waals surface area contributed by atoms with Gasteiger partial charge in [-0.25, -0.2) is 9.97 Å². The molecule has 0 saturated heterocycles. The number of halogens is 1. The van der Waals surface area contributed by atoms with Gasteiger partial charge in [-0.05, 0) is 43.4 Å². The summed E-state index contributed by atoms with van der Waals surface area (Å²) in [5.74, 6) is 2.28. The lowest BCUT2D eigenvalue weighted by Crippen LogP contribution is -2.06. The number of benzene rings is 1. The molecule has 3 rings (SSSR count). The van der Waals surface area contributed by atoms with Gasteiger partial charge in [-0.15, -0.1) is 0 Å². The summed E-state index contributed by atoms with van der Waals surface area (Å²) in [7, 11) is 1.71. The van der Waals surface area contributed by atoms with E-state index >= 15 is 0 Å². The number of aryl methyl sites for hydroxylation is 3. The molecule has 0 bridgehead atoms. The minimum Gasteiger partial charge on any atom is -0.496 e. The van der Waals surface area contributed by atoms with Crippen molar-refractivity contribution < 1.29 is 4.74 Å². The van der Waals surface area contributed by atoms with E-state index in [1.807, 2.05) is 6.92 Å². The van der Waals surface area contributed by atoms with Crippen LogP contribution in [0.15, 0.2) is 18.3 Å². The average molecular weight is 304 g/mol. The fraction of sp³-hybridized carbons (Fsp3) is 0.375. The van der Waals surface area contributed by atoms with Gasteiger partial charge < -0.3 is 10.1 Å². The molecule has 5 heteroatoms. The summed E-state index contributed by atoms with van der Waals surface area (Å²) >= 11 is 6.11. The molecule has 1 aromatic heterocycles. The highest BCUT2D eigenvalue weighted by Gasteiger charge is 2.15. The molecule has 110 valence electrons. The van der Waals surface area contributed by atoms with Crippen molar-refractivity contribution in [2.24, 2.45) is 0 Å². The lowest BCUT2D eigenvalue weighted by atomic mass is 10.0.